The van der Waals surface area contributed by atoms with Crippen molar-refractivity contribution in [2.45, 2.75) is 46.5 Å². The quantitative estimate of drug-likeness (QED) is 0.786. The molecule has 0 saturated carbocycles. The number of carbonyl (C=O) groups is 2. The summed E-state index contributed by atoms with van der Waals surface area (Å²) < 4.78 is 0. The maximum atomic E-state index is 13.4. The number of hydrogen-bond donors (Lipinski definition) is 2. The molecule has 0 spiro atoms. The number of anilines is 1. The van der Waals surface area contributed by atoms with Gasteiger partial charge in [0.1, 0.15) is 5.82 Å². The Morgan fingerprint density at radius 1 is 1.07 bits per heavy atom. The molecular weight excluding hydrogens is 374 g/mol. The standard InChI is InChI=1S/C25H27N3O2/c1-15-9-8-12-20(26-15)28-24(30)21-16(2)27-18-13-25(3,4)14-19(29)23(18)22(21)17-10-6-5-7-11-17/h5-12,22,27H,13-14H2,1-4H3,(H,26,28,30). The van der Waals surface area contributed by atoms with Crippen molar-refractivity contribution in [2.75, 3.05) is 5.32 Å². The Balaban J connectivity index is 1.79. The second kappa shape index (κ2) is 7.56. The third kappa shape index (κ3) is 3.80. The van der Waals surface area contributed by atoms with Gasteiger partial charge in [0.25, 0.3) is 5.91 Å². The van der Waals surface area contributed by atoms with E-state index in [0.29, 0.717) is 23.4 Å². The van der Waals surface area contributed by atoms with Crippen LogP contribution in [0.25, 0.3) is 0 Å². The maximum Gasteiger partial charge on any atom is 0.255 e. The number of hydrogen-bond acceptors (Lipinski definition) is 4. The topological polar surface area (TPSA) is 71.1 Å². The van der Waals surface area contributed by atoms with Gasteiger partial charge < -0.3 is 10.6 Å². The van der Waals surface area contributed by atoms with Crippen molar-refractivity contribution in [3.05, 3.63) is 82.3 Å². The number of amides is 1. The molecule has 1 aromatic carbocycles. The number of aromatic nitrogens is 1. The minimum Gasteiger partial charge on any atom is -0.362 e. The lowest BCUT2D eigenvalue weighted by molar-refractivity contribution is -0.118. The normalized spacial score (nSPS) is 20.5. The average molecular weight is 402 g/mol. The van der Waals surface area contributed by atoms with Crippen LogP contribution in [0.2, 0.25) is 0 Å². The Morgan fingerprint density at radius 3 is 2.50 bits per heavy atom. The molecule has 1 unspecified atom stereocenters. The first-order chi connectivity index (χ1) is 14.2. The van der Waals surface area contributed by atoms with Crippen molar-refractivity contribution < 1.29 is 9.59 Å². The van der Waals surface area contributed by atoms with Crippen molar-refractivity contribution >= 4 is 17.5 Å². The van der Waals surface area contributed by atoms with Crippen LogP contribution in [-0.2, 0) is 9.59 Å². The van der Waals surface area contributed by atoms with E-state index in [2.05, 4.69) is 29.5 Å². The van der Waals surface area contributed by atoms with Crippen LogP contribution in [0.5, 0.6) is 0 Å². The summed E-state index contributed by atoms with van der Waals surface area (Å²) in [6.07, 6.45) is 1.26. The summed E-state index contributed by atoms with van der Waals surface area (Å²) in [7, 11) is 0. The van der Waals surface area contributed by atoms with Gasteiger partial charge in [-0.3, -0.25) is 9.59 Å². The highest BCUT2D eigenvalue weighted by Crippen LogP contribution is 2.46. The smallest absolute Gasteiger partial charge is 0.255 e. The van der Waals surface area contributed by atoms with E-state index < -0.39 is 5.92 Å². The number of dihydropyridines is 1. The van der Waals surface area contributed by atoms with Crippen LogP contribution < -0.4 is 10.6 Å². The number of carbonyl (C=O) groups excluding carboxylic acids is 2. The molecule has 2 heterocycles. The van der Waals surface area contributed by atoms with Crippen LogP contribution in [0.3, 0.4) is 0 Å². The largest absolute Gasteiger partial charge is 0.362 e. The van der Waals surface area contributed by atoms with Gasteiger partial charge in [-0.05, 0) is 43.4 Å². The molecule has 1 aliphatic carbocycles. The predicted molar refractivity (Wildman–Crippen MR) is 118 cm³/mol. The van der Waals surface area contributed by atoms with Crippen molar-refractivity contribution in [3.63, 3.8) is 0 Å². The molecule has 154 valence electrons. The van der Waals surface area contributed by atoms with Gasteiger partial charge in [0.05, 0.1) is 0 Å². The van der Waals surface area contributed by atoms with Crippen LogP contribution in [0.4, 0.5) is 5.82 Å². The van der Waals surface area contributed by atoms with Gasteiger partial charge in [-0.1, -0.05) is 50.2 Å². The van der Waals surface area contributed by atoms with Crippen LogP contribution in [-0.4, -0.2) is 16.7 Å². The molecule has 1 atom stereocenters. The number of rotatable bonds is 3. The van der Waals surface area contributed by atoms with Crippen LogP contribution in [0.1, 0.15) is 50.8 Å². The zero-order valence-electron chi connectivity index (χ0n) is 17.9. The van der Waals surface area contributed by atoms with Crippen molar-refractivity contribution in [3.8, 4) is 0 Å². The summed E-state index contributed by atoms with van der Waals surface area (Å²) in [4.78, 5) is 31.0. The summed E-state index contributed by atoms with van der Waals surface area (Å²) in [5, 5.41) is 6.32. The lowest BCUT2D eigenvalue weighted by atomic mass is 9.68. The molecule has 5 heteroatoms. The van der Waals surface area contributed by atoms with Gasteiger partial charge in [-0.15, -0.1) is 0 Å². The van der Waals surface area contributed by atoms with Crippen molar-refractivity contribution in [1.82, 2.24) is 10.3 Å². The first-order valence-corrected chi connectivity index (χ1v) is 10.3. The summed E-state index contributed by atoms with van der Waals surface area (Å²) in [5.74, 6) is -0.0240. The number of benzene rings is 1. The summed E-state index contributed by atoms with van der Waals surface area (Å²) >= 11 is 0. The van der Waals surface area contributed by atoms with Crippen molar-refractivity contribution in [1.29, 1.82) is 0 Å². The van der Waals surface area contributed by atoms with Crippen molar-refractivity contribution in [2.24, 2.45) is 5.41 Å². The Kier molecular flexibility index (Phi) is 5.06. The number of pyridine rings is 1. The van der Waals surface area contributed by atoms with E-state index >= 15 is 0 Å². The molecule has 0 fully saturated rings. The number of Topliss-reactive ketones (excluding diaryl/α,β-unsaturated/α-hetero) is 1. The van der Waals surface area contributed by atoms with E-state index in [1.807, 2.05) is 56.3 Å². The fourth-order valence-corrected chi connectivity index (χ4v) is 4.51. The third-order valence-electron chi connectivity index (χ3n) is 5.75. The number of aryl methyl sites for hydroxylation is 1. The molecule has 1 aromatic heterocycles. The molecule has 2 aliphatic rings. The van der Waals surface area contributed by atoms with Gasteiger partial charge in [-0.25, -0.2) is 4.98 Å². The first-order valence-electron chi connectivity index (χ1n) is 10.3. The fourth-order valence-electron chi connectivity index (χ4n) is 4.51. The maximum absolute atomic E-state index is 13.4. The van der Waals surface area contributed by atoms with E-state index in [4.69, 9.17) is 0 Å². The Morgan fingerprint density at radius 2 is 1.80 bits per heavy atom. The molecule has 0 bridgehead atoms. The molecule has 2 N–H and O–H groups in total. The zero-order valence-corrected chi connectivity index (χ0v) is 17.9. The van der Waals surface area contributed by atoms with E-state index in [0.717, 1.165) is 29.1 Å². The third-order valence-corrected chi connectivity index (χ3v) is 5.75. The summed E-state index contributed by atoms with van der Waals surface area (Å²) in [6, 6.07) is 15.3. The molecule has 4 rings (SSSR count). The Labute approximate surface area is 177 Å². The van der Waals surface area contributed by atoms with Gasteiger partial charge >= 0.3 is 0 Å². The number of ketones is 1. The molecule has 30 heavy (non-hydrogen) atoms. The second-order valence-electron chi connectivity index (χ2n) is 8.96. The van der Waals surface area contributed by atoms with E-state index in [9.17, 15) is 9.59 Å². The van der Waals surface area contributed by atoms with Gasteiger partial charge in [0, 0.05) is 40.6 Å². The average Bonchev–Trinajstić information content (AvgIpc) is 2.66. The Bertz CT molecular complexity index is 1080. The molecular formula is C25H27N3O2. The number of nitrogens with zero attached hydrogens (tertiary/aromatic N) is 1. The van der Waals surface area contributed by atoms with Gasteiger partial charge in [0.15, 0.2) is 5.78 Å². The summed E-state index contributed by atoms with van der Waals surface area (Å²) in [5.41, 5.74) is 4.67. The fraction of sp³-hybridized carbons (Fsp3) is 0.320. The van der Waals surface area contributed by atoms with Gasteiger partial charge in [0.2, 0.25) is 0 Å². The van der Waals surface area contributed by atoms with E-state index in [-0.39, 0.29) is 17.1 Å². The second-order valence-corrected chi connectivity index (χ2v) is 8.96. The molecule has 0 radical (unpaired) electrons. The highest BCUT2D eigenvalue weighted by atomic mass is 16.2. The summed E-state index contributed by atoms with van der Waals surface area (Å²) in [6.45, 7) is 8.01. The number of allylic oxidation sites excluding steroid dienone is 3. The van der Waals surface area contributed by atoms with Crippen LogP contribution in [0.15, 0.2) is 71.1 Å². The number of nitrogens with one attached hydrogen (secondary N) is 2. The lowest BCUT2D eigenvalue weighted by Gasteiger charge is -2.39. The first kappa shape index (κ1) is 20.1. The zero-order chi connectivity index (χ0) is 21.5. The van der Waals surface area contributed by atoms with Crippen LogP contribution in [0, 0.1) is 12.3 Å². The highest BCUT2D eigenvalue weighted by Gasteiger charge is 2.42. The van der Waals surface area contributed by atoms with Gasteiger partial charge in [-0.2, -0.15) is 0 Å². The molecule has 1 aliphatic heterocycles. The predicted octanol–water partition coefficient (Wildman–Crippen LogP) is 4.63. The Hall–Kier alpha value is -3.21. The molecule has 1 amide bonds. The molecule has 0 saturated heterocycles. The van der Waals surface area contributed by atoms with E-state index in [1.54, 1.807) is 6.07 Å². The minimum absolute atomic E-state index is 0.102. The highest BCUT2D eigenvalue weighted by molar-refractivity contribution is 6.09. The lowest BCUT2D eigenvalue weighted by Crippen LogP contribution is -2.39. The SMILES string of the molecule is CC1=C(C(=O)Nc2cccc(C)n2)C(c2ccccc2)C2=C(CC(C)(C)CC2=O)N1. The molecule has 5 nitrogen and oxygen atoms in total. The monoisotopic (exact) mass is 401 g/mol. The molecule has 2 aromatic rings. The van der Waals surface area contributed by atoms with Crippen LogP contribution >= 0.6 is 0 Å². The minimum atomic E-state index is -0.393. The van der Waals surface area contributed by atoms with E-state index in [1.165, 1.54) is 0 Å².